The Kier molecular flexibility index (Phi) is 4.01. The number of ether oxygens (including phenoxy) is 1. The summed E-state index contributed by atoms with van der Waals surface area (Å²) in [6.45, 7) is 2.52. The molecule has 1 aliphatic heterocycles. The molecular weight excluding hydrogens is 190 g/mol. The molecule has 0 radical (unpaired) electrons. The molecule has 86 valence electrons. The van der Waals surface area contributed by atoms with Gasteiger partial charge in [-0.25, -0.2) is 0 Å². The van der Waals surface area contributed by atoms with Crippen molar-refractivity contribution in [2.45, 2.75) is 38.5 Å². The van der Waals surface area contributed by atoms with Crippen LogP contribution in [0.5, 0.6) is 0 Å². The minimum Gasteiger partial charge on any atom is -0.465 e. The number of esters is 1. The van der Waals surface area contributed by atoms with E-state index in [1.807, 2.05) is 0 Å². The Morgan fingerprint density at radius 2 is 2.00 bits per heavy atom. The van der Waals surface area contributed by atoms with Crippen molar-refractivity contribution < 1.29 is 9.53 Å². The van der Waals surface area contributed by atoms with Crippen LogP contribution < -0.4 is 5.32 Å². The quantitative estimate of drug-likeness (QED) is 0.722. The summed E-state index contributed by atoms with van der Waals surface area (Å²) in [4.78, 5) is 11.7. The first kappa shape index (κ1) is 10.9. The molecule has 3 heteroatoms. The molecule has 0 aromatic rings. The molecule has 0 aromatic heterocycles. The Morgan fingerprint density at radius 3 is 2.67 bits per heavy atom. The highest BCUT2D eigenvalue weighted by atomic mass is 16.5. The summed E-state index contributed by atoms with van der Waals surface area (Å²) >= 11 is 0. The average molecular weight is 211 g/mol. The van der Waals surface area contributed by atoms with Gasteiger partial charge in [-0.05, 0) is 38.1 Å². The van der Waals surface area contributed by atoms with Gasteiger partial charge in [-0.1, -0.05) is 12.8 Å². The smallest absolute Gasteiger partial charge is 0.310 e. The van der Waals surface area contributed by atoms with Crippen molar-refractivity contribution in [2.75, 3.05) is 19.7 Å². The van der Waals surface area contributed by atoms with Gasteiger partial charge in [0.15, 0.2) is 0 Å². The Hall–Kier alpha value is -0.570. The third-order valence-electron chi connectivity index (χ3n) is 3.57. The topological polar surface area (TPSA) is 38.3 Å². The van der Waals surface area contributed by atoms with E-state index in [2.05, 4.69) is 5.32 Å². The molecule has 0 aromatic carbocycles. The van der Waals surface area contributed by atoms with E-state index in [4.69, 9.17) is 4.74 Å². The Labute approximate surface area is 91.6 Å². The van der Waals surface area contributed by atoms with Crippen molar-refractivity contribution in [3.8, 4) is 0 Å². The number of hydrogen-bond donors (Lipinski definition) is 1. The van der Waals surface area contributed by atoms with Crippen molar-refractivity contribution in [2.24, 2.45) is 11.8 Å². The molecule has 0 amide bonds. The molecule has 0 unspecified atom stereocenters. The van der Waals surface area contributed by atoms with Crippen LogP contribution in [-0.2, 0) is 9.53 Å². The van der Waals surface area contributed by atoms with Crippen LogP contribution in [0.4, 0.5) is 0 Å². The number of carbonyl (C=O) groups is 1. The van der Waals surface area contributed by atoms with Crippen molar-refractivity contribution in [1.82, 2.24) is 5.32 Å². The molecule has 0 spiro atoms. The molecule has 1 heterocycles. The molecule has 1 aliphatic carbocycles. The summed E-state index contributed by atoms with van der Waals surface area (Å²) in [5.41, 5.74) is 0. The number of nitrogens with one attached hydrogen (secondary N) is 1. The third-order valence-corrected chi connectivity index (χ3v) is 3.57. The predicted molar refractivity (Wildman–Crippen MR) is 58.5 cm³/mol. The lowest BCUT2D eigenvalue weighted by Crippen LogP contribution is -2.35. The van der Waals surface area contributed by atoms with Crippen LogP contribution >= 0.6 is 0 Å². The first-order valence-corrected chi connectivity index (χ1v) is 6.23. The Bertz CT molecular complexity index is 206. The van der Waals surface area contributed by atoms with Crippen molar-refractivity contribution in [1.29, 1.82) is 0 Å². The zero-order chi connectivity index (χ0) is 10.5. The molecule has 15 heavy (non-hydrogen) atoms. The zero-order valence-corrected chi connectivity index (χ0v) is 9.34. The lowest BCUT2D eigenvalue weighted by Gasteiger charge is -2.21. The maximum Gasteiger partial charge on any atom is 0.310 e. The van der Waals surface area contributed by atoms with E-state index in [-0.39, 0.29) is 11.9 Å². The van der Waals surface area contributed by atoms with Gasteiger partial charge in [0.1, 0.15) is 0 Å². The first-order chi connectivity index (χ1) is 7.36. The monoisotopic (exact) mass is 211 g/mol. The molecule has 2 fully saturated rings. The highest BCUT2D eigenvalue weighted by molar-refractivity contribution is 5.72. The van der Waals surface area contributed by atoms with Crippen molar-refractivity contribution in [3.63, 3.8) is 0 Å². The van der Waals surface area contributed by atoms with Gasteiger partial charge in [0, 0.05) is 6.54 Å². The second-order valence-corrected chi connectivity index (χ2v) is 4.82. The highest BCUT2D eigenvalue weighted by Crippen LogP contribution is 2.25. The van der Waals surface area contributed by atoms with Crippen LogP contribution in [0.3, 0.4) is 0 Å². The molecule has 3 nitrogen and oxygen atoms in total. The largest absolute Gasteiger partial charge is 0.465 e. The van der Waals surface area contributed by atoms with Gasteiger partial charge >= 0.3 is 5.97 Å². The van der Waals surface area contributed by atoms with Crippen LogP contribution in [-0.4, -0.2) is 25.7 Å². The van der Waals surface area contributed by atoms with E-state index in [1.54, 1.807) is 0 Å². The van der Waals surface area contributed by atoms with Gasteiger partial charge in [-0.3, -0.25) is 4.79 Å². The lowest BCUT2D eigenvalue weighted by atomic mass is 10.00. The molecule has 2 aliphatic rings. The predicted octanol–water partition coefficient (Wildman–Crippen LogP) is 1.72. The Balaban J connectivity index is 1.66. The van der Waals surface area contributed by atoms with Crippen LogP contribution in [0.1, 0.15) is 38.5 Å². The van der Waals surface area contributed by atoms with Crippen LogP contribution in [0.2, 0.25) is 0 Å². The first-order valence-electron chi connectivity index (χ1n) is 6.23. The second-order valence-electron chi connectivity index (χ2n) is 4.82. The molecule has 2 rings (SSSR count). The number of hydrogen-bond acceptors (Lipinski definition) is 3. The van der Waals surface area contributed by atoms with Gasteiger partial charge in [0.25, 0.3) is 0 Å². The molecule has 1 saturated heterocycles. The van der Waals surface area contributed by atoms with Crippen LogP contribution in [0.15, 0.2) is 0 Å². The fraction of sp³-hybridized carbons (Fsp3) is 0.917. The van der Waals surface area contributed by atoms with Gasteiger partial charge in [0.05, 0.1) is 12.5 Å². The molecule has 0 bridgehead atoms. The standard InChI is InChI=1S/C12H21NO2/c14-12(11-6-3-7-13-8-11)15-9-10-4-1-2-5-10/h10-11,13H,1-9H2/t11-/m0/s1. The van der Waals surface area contributed by atoms with E-state index in [0.717, 1.165) is 25.9 Å². The van der Waals surface area contributed by atoms with Crippen molar-refractivity contribution >= 4 is 5.97 Å². The van der Waals surface area contributed by atoms with E-state index in [0.29, 0.717) is 12.5 Å². The lowest BCUT2D eigenvalue weighted by molar-refractivity contribution is -0.150. The summed E-state index contributed by atoms with van der Waals surface area (Å²) in [6.07, 6.45) is 7.21. The number of carbonyl (C=O) groups excluding carboxylic acids is 1. The maximum atomic E-state index is 11.7. The second kappa shape index (κ2) is 5.50. The number of rotatable bonds is 3. The normalized spacial score (nSPS) is 27.9. The van der Waals surface area contributed by atoms with Gasteiger partial charge in [-0.15, -0.1) is 0 Å². The van der Waals surface area contributed by atoms with Gasteiger partial charge < -0.3 is 10.1 Å². The van der Waals surface area contributed by atoms with E-state index >= 15 is 0 Å². The van der Waals surface area contributed by atoms with E-state index < -0.39 is 0 Å². The van der Waals surface area contributed by atoms with Crippen LogP contribution in [0.25, 0.3) is 0 Å². The highest BCUT2D eigenvalue weighted by Gasteiger charge is 2.24. The summed E-state index contributed by atoms with van der Waals surface area (Å²) in [7, 11) is 0. The summed E-state index contributed by atoms with van der Waals surface area (Å²) in [5, 5.41) is 3.24. The minimum atomic E-state index is 0.0223. The van der Waals surface area contributed by atoms with Gasteiger partial charge in [0.2, 0.25) is 0 Å². The maximum absolute atomic E-state index is 11.7. The zero-order valence-electron chi connectivity index (χ0n) is 9.34. The van der Waals surface area contributed by atoms with E-state index in [9.17, 15) is 4.79 Å². The molecule has 1 saturated carbocycles. The summed E-state index contributed by atoms with van der Waals surface area (Å²) < 4.78 is 5.39. The summed E-state index contributed by atoms with van der Waals surface area (Å²) in [5.74, 6) is 0.778. The number of piperidine rings is 1. The average Bonchev–Trinajstić information content (AvgIpc) is 2.80. The van der Waals surface area contributed by atoms with Gasteiger partial charge in [-0.2, -0.15) is 0 Å². The third kappa shape index (κ3) is 3.20. The Morgan fingerprint density at radius 1 is 1.20 bits per heavy atom. The minimum absolute atomic E-state index is 0.0223. The molecule has 1 atom stereocenters. The van der Waals surface area contributed by atoms with Crippen molar-refractivity contribution in [3.05, 3.63) is 0 Å². The summed E-state index contributed by atoms with van der Waals surface area (Å²) in [6, 6.07) is 0. The molecular formula is C12H21NO2. The fourth-order valence-corrected chi connectivity index (χ4v) is 2.55. The SMILES string of the molecule is O=C(OCC1CCCC1)[C@H]1CCCNC1. The van der Waals surface area contributed by atoms with Crippen LogP contribution in [0, 0.1) is 11.8 Å². The van der Waals surface area contributed by atoms with E-state index in [1.165, 1.54) is 25.7 Å². The molecule has 1 N–H and O–H groups in total. The fourth-order valence-electron chi connectivity index (χ4n) is 2.55.